The summed E-state index contributed by atoms with van der Waals surface area (Å²) in [5.74, 6) is -1.66. The van der Waals surface area contributed by atoms with E-state index in [2.05, 4.69) is 30.6 Å². The van der Waals surface area contributed by atoms with Gasteiger partial charge in [0.15, 0.2) is 11.6 Å². The Labute approximate surface area is 235 Å². The van der Waals surface area contributed by atoms with E-state index in [9.17, 15) is 34.5 Å². The lowest BCUT2D eigenvalue weighted by Gasteiger charge is -2.31. The van der Waals surface area contributed by atoms with E-state index in [4.69, 9.17) is 0 Å². The van der Waals surface area contributed by atoms with E-state index in [0.717, 1.165) is 37.0 Å². The second-order valence-electron chi connectivity index (χ2n) is 10.2. The van der Waals surface area contributed by atoms with Crippen LogP contribution in [0, 0.1) is 5.92 Å². The maximum atomic E-state index is 12.7. The summed E-state index contributed by atoms with van der Waals surface area (Å²) in [7, 11) is 0. The first-order valence-corrected chi connectivity index (χ1v) is 13.5. The van der Waals surface area contributed by atoms with Crippen LogP contribution in [0.15, 0.2) is 83.0 Å². The summed E-state index contributed by atoms with van der Waals surface area (Å²) in [5.41, 5.74) is -0.761. The lowest BCUT2D eigenvalue weighted by molar-refractivity contribution is -0.125. The van der Waals surface area contributed by atoms with Gasteiger partial charge in [-0.1, -0.05) is 68.7 Å². The molecule has 0 aromatic heterocycles. The minimum Gasteiger partial charge on any atom is -0.510 e. The first kappa shape index (κ1) is 32.4. The van der Waals surface area contributed by atoms with Gasteiger partial charge in [0.05, 0.1) is 11.8 Å². The molecule has 2 amide bonds. The van der Waals surface area contributed by atoms with Gasteiger partial charge in [-0.05, 0) is 38.3 Å². The number of nitrogens with one attached hydrogen (secondary N) is 2. The van der Waals surface area contributed by atoms with Gasteiger partial charge < -0.3 is 26.0 Å². The molecule has 0 saturated heterocycles. The number of allylic oxidation sites excluding steroid dienone is 10. The lowest BCUT2D eigenvalue weighted by Crippen LogP contribution is -2.46. The molecule has 9 nitrogen and oxygen atoms in total. The number of rotatable bonds is 12. The van der Waals surface area contributed by atoms with E-state index in [-0.39, 0.29) is 42.2 Å². The smallest absolute Gasteiger partial charge is 0.251 e. The van der Waals surface area contributed by atoms with Crippen molar-refractivity contribution < 1.29 is 34.5 Å². The second kappa shape index (κ2) is 15.1. The van der Waals surface area contributed by atoms with Crippen molar-refractivity contribution in [1.29, 1.82) is 0 Å². The number of hydrogen-bond acceptors (Lipinski definition) is 7. The fraction of sp³-hybridized carbons (Fsp3) is 0.419. The molecule has 0 aliphatic heterocycles. The molecule has 0 aromatic carbocycles. The Kier molecular flexibility index (Phi) is 12.2. The molecule has 216 valence electrons. The third-order valence-electron chi connectivity index (χ3n) is 6.55. The third-order valence-corrected chi connectivity index (χ3v) is 6.55. The number of ketones is 2. The summed E-state index contributed by atoms with van der Waals surface area (Å²) in [6, 6.07) is 0. The zero-order valence-electron chi connectivity index (χ0n) is 23.6. The van der Waals surface area contributed by atoms with Crippen molar-refractivity contribution in [1.82, 2.24) is 10.6 Å². The fourth-order valence-electron chi connectivity index (χ4n) is 4.29. The summed E-state index contributed by atoms with van der Waals surface area (Å²) in [4.78, 5) is 48.7. The van der Waals surface area contributed by atoms with Crippen LogP contribution in [0.5, 0.6) is 0 Å². The maximum absolute atomic E-state index is 12.7. The van der Waals surface area contributed by atoms with Crippen LogP contribution in [0.4, 0.5) is 0 Å². The number of Topliss-reactive ketones (excluding diaryl/α,β-unsaturated/α-hetero) is 2. The van der Waals surface area contributed by atoms with Crippen molar-refractivity contribution in [3.05, 3.63) is 83.0 Å². The molecule has 2 rings (SSSR count). The van der Waals surface area contributed by atoms with Crippen molar-refractivity contribution >= 4 is 23.4 Å². The molecule has 0 bridgehead atoms. The summed E-state index contributed by atoms with van der Waals surface area (Å²) < 4.78 is 0. The predicted octanol–water partition coefficient (Wildman–Crippen LogP) is 3.69. The molecule has 2 aliphatic rings. The van der Waals surface area contributed by atoms with Crippen LogP contribution in [-0.2, 0) is 19.2 Å². The Morgan fingerprint density at radius 3 is 2.45 bits per heavy atom. The van der Waals surface area contributed by atoms with Gasteiger partial charge in [0.2, 0.25) is 5.91 Å². The molecule has 40 heavy (non-hydrogen) atoms. The van der Waals surface area contributed by atoms with E-state index < -0.39 is 29.3 Å². The largest absolute Gasteiger partial charge is 0.510 e. The van der Waals surface area contributed by atoms with E-state index in [0.29, 0.717) is 11.5 Å². The Hall–Kier alpha value is -3.82. The van der Waals surface area contributed by atoms with Gasteiger partial charge in [-0.2, -0.15) is 0 Å². The highest BCUT2D eigenvalue weighted by Gasteiger charge is 2.39. The molecular weight excluding hydrogens is 512 g/mol. The molecule has 0 aromatic rings. The van der Waals surface area contributed by atoms with E-state index in [1.54, 1.807) is 13.0 Å². The molecule has 2 aliphatic carbocycles. The van der Waals surface area contributed by atoms with Gasteiger partial charge in [0.1, 0.15) is 17.1 Å². The molecule has 3 unspecified atom stereocenters. The van der Waals surface area contributed by atoms with E-state index in [1.807, 2.05) is 6.92 Å². The van der Waals surface area contributed by atoms with Crippen molar-refractivity contribution in [2.45, 2.75) is 77.9 Å². The third kappa shape index (κ3) is 9.73. The average molecular weight is 553 g/mol. The van der Waals surface area contributed by atoms with Gasteiger partial charge in [0.25, 0.3) is 5.91 Å². The van der Waals surface area contributed by atoms with Crippen molar-refractivity contribution in [3.63, 3.8) is 0 Å². The Balaban J connectivity index is 2.03. The van der Waals surface area contributed by atoms with Gasteiger partial charge in [0, 0.05) is 30.9 Å². The Morgan fingerprint density at radius 1 is 1.10 bits per heavy atom. The van der Waals surface area contributed by atoms with Crippen LogP contribution in [0.1, 0.15) is 66.2 Å². The normalized spacial score (nSPS) is 23.4. The average Bonchev–Trinajstić information content (AvgIpc) is 3.20. The molecule has 3 atom stereocenters. The standard InChI is InChI=1S/C31H40N2O7/c1-5-6-11-20(2)16-21(3)17-22(4)30(39)32-23-19-31(40,27(37)18-26(23)36)15-10-8-7-9-12-28(38)33-29-24(34)13-14-25(29)35/h7-10,12,15-17,19-20,27,34,37,40H,5-6,11,13-14,18H2,1-4H3,(H,32,39)(H,33,38). The molecule has 0 radical (unpaired) electrons. The number of aliphatic hydroxyl groups is 3. The zero-order valence-corrected chi connectivity index (χ0v) is 23.6. The number of carbonyl (C=O) groups excluding carboxylic acids is 4. The highest BCUT2D eigenvalue weighted by molar-refractivity contribution is 6.04. The Bertz CT molecular complexity index is 1220. The fourth-order valence-corrected chi connectivity index (χ4v) is 4.29. The van der Waals surface area contributed by atoms with Gasteiger partial charge in [-0.15, -0.1) is 0 Å². The Morgan fingerprint density at radius 2 is 1.80 bits per heavy atom. The number of amides is 2. The predicted molar refractivity (Wildman–Crippen MR) is 152 cm³/mol. The first-order valence-electron chi connectivity index (χ1n) is 13.5. The van der Waals surface area contributed by atoms with E-state index in [1.165, 1.54) is 30.4 Å². The van der Waals surface area contributed by atoms with Crippen molar-refractivity contribution in [2.24, 2.45) is 5.92 Å². The maximum Gasteiger partial charge on any atom is 0.251 e. The summed E-state index contributed by atoms with van der Waals surface area (Å²) in [6.07, 6.45) is 15.1. The zero-order chi connectivity index (χ0) is 29.9. The number of aliphatic hydroxyl groups excluding tert-OH is 2. The van der Waals surface area contributed by atoms with Gasteiger partial charge >= 0.3 is 0 Å². The molecule has 0 spiro atoms. The highest BCUT2D eigenvalue weighted by atomic mass is 16.3. The van der Waals surface area contributed by atoms with Crippen LogP contribution >= 0.6 is 0 Å². The molecule has 0 saturated carbocycles. The van der Waals surface area contributed by atoms with Gasteiger partial charge in [-0.3, -0.25) is 19.2 Å². The van der Waals surface area contributed by atoms with Crippen LogP contribution < -0.4 is 10.6 Å². The van der Waals surface area contributed by atoms with Crippen LogP contribution in [0.25, 0.3) is 0 Å². The summed E-state index contributed by atoms with van der Waals surface area (Å²) in [5, 5.41) is 35.8. The summed E-state index contributed by atoms with van der Waals surface area (Å²) in [6.45, 7) is 7.82. The van der Waals surface area contributed by atoms with Crippen LogP contribution in [-0.4, -0.2) is 50.4 Å². The quantitative estimate of drug-likeness (QED) is 0.183. The molecule has 0 fully saturated rings. The minimum atomic E-state index is -1.91. The molecule has 0 heterocycles. The lowest BCUT2D eigenvalue weighted by atomic mass is 9.85. The number of unbranched alkanes of at least 4 members (excludes halogenated alkanes) is 1. The topological polar surface area (TPSA) is 153 Å². The second-order valence-corrected chi connectivity index (χ2v) is 10.2. The van der Waals surface area contributed by atoms with E-state index >= 15 is 0 Å². The SMILES string of the molecule is CCCCC(C)C=C(C)C=C(C)C(=O)NC1=CC(O)(C=CC=CC=CC(=O)NC2=C(O)CCC2=O)C(O)CC1=O. The van der Waals surface area contributed by atoms with Gasteiger partial charge in [-0.25, -0.2) is 0 Å². The van der Waals surface area contributed by atoms with Crippen LogP contribution in [0.3, 0.4) is 0 Å². The van der Waals surface area contributed by atoms with Crippen LogP contribution in [0.2, 0.25) is 0 Å². The first-order chi connectivity index (χ1) is 18.9. The molecular formula is C31H40N2O7. The highest BCUT2D eigenvalue weighted by Crippen LogP contribution is 2.26. The molecule has 5 N–H and O–H groups in total. The van der Waals surface area contributed by atoms with Crippen molar-refractivity contribution in [2.75, 3.05) is 0 Å². The van der Waals surface area contributed by atoms with Crippen molar-refractivity contribution in [3.8, 4) is 0 Å². The summed E-state index contributed by atoms with van der Waals surface area (Å²) >= 11 is 0. The molecule has 9 heteroatoms. The minimum absolute atomic E-state index is 0.0921. The number of hydrogen-bond donors (Lipinski definition) is 5. The number of carbonyl (C=O) groups is 4. The monoisotopic (exact) mass is 552 g/mol.